The van der Waals surface area contributed by atoms with Crippen molar-refractivity contribution >= 4 is 23.6 Å². The summed E-state index contributed by atoms with van der Waals surface area (Å²) in [6, 6.07) is 5.29. The Kier molecular flexibility index (Phi) is 4.20. The largest absolute Gasteiger partial charge is 0.495 e. The van der Waals surface area contributed by atoms with Crippen LogP contribution in [-0.2, 0) is 4.79 Å². The second kappa shape index (κ2) is 6.44. The van der Waals surface area contributed by atoms with E-state index in [1.165, 1.54) is 4.90 Å². The number of imide groups is 1. The molecule has 0 saturated carbocycles. The van der Waals surface area contributed by atoms with E-state index in [1.54, 1.807) is 19.1 Å². The van der Waals surface area contributed by atoms with Gasteiger partial charge in [-0.25, -0.2) is 9.79 Å². The number of nitrogens with zero attached hydrogens (tertiary/aromatic N) is 5. The molecule has 0 bridgehead atoms. The second-order valence-electron chi connectivity index (χ2n) is 7.19. The minimum Gasteiger partial charge on any atom is -0.495 e. The van der Waals surface area contributed by atoms with Crippen molar-refractivity contribution in [2.45, 2.75) is 32.5 Å². The predicted octanol–water partition coefficient (Wildman–Crippen LogP) is 1.49. The number of anilines is 1. The number of guanidine groups is 1. The molecule has 144 valence electrons. The van der Waals surface area contributed by atoms with Crippen molar-refractivity contribution < 1.29 is 14.3 Å². The van der Waals surface area contributed by atoms with Crippen LogP contribution >= 0.6 is 0 Å². The van der Waals surface area contributed by atoms with Crippen LogP contribution in [-0.4, -0.2) is 78.6 Å². The molecule has 8 heteroatoms. The summed E-state index contributed by atoms with van der Waals surface area (Å²) in [5, 5.41) is 0. The molecule has 4 rings (SSSR count). The van der Waals surface area contributed by atoms with Crippen molar-refractivity contribution in [3.05, 3.63) is 23.8 Å². The maximum absolute atomic E-state index is 13.0. The maximum atomic E-state index is 13.0. The third kappa shape index (κ3) is 2.54. The van der Waals surface area contributed by atoms with Gasteiger partial charge in [0.25, 0.3) is 5.91 Å². The molecule has 3 heterocycles. The molecule has 2 fully saturated rings. The fourth-order valence-corrected chi connectivity index (χ4v) is 4.11. The Morgan fingerprint density at radius 3 is 2.74 bits per heavy atom. The molecule has 8 nitrogen and oxygen atoms in total. The highest BCUT2D eigenvalue weighted by atomic mass is 16.5. The number of aryl methyl sites for hydroxylation is 1. The van der Waals surface area contributed by atoms with Crippen molar-refractivity contribution in [3.63, 3.8) is 0 Å². The number of methoxy groups -OCH3 is 1. The van der Waals surface area contributed by atoms with Gasteiger partial charge in [-0.3, -0.25) is 9.69 Å². The molecule has 0 spiro atoms. The van der Waals surface area contributed by atoms with Crippen molar-refractivity contribution in [2.75, 3.05) is 38.7 Å². The second-order valence-corrected chi connectivity index (χ2v) is 7.19. The Morgan fingerprint density at radius 1 is 1.26 bits per heavy atom. The Balaban J connectivity index is 1.70. The number of ether oxygens (including phenoxy) is 1. The molecule has 2 saturated heterocycles. The van der Waals surface area contributed by atoms with E-state index in [1.807, 2.05) is 30.9 Å². The predicted molar refractivity (Wildman–Crippen MR) is 102 cm³/mol. The number of benzene rings is 1. The number of hydrogen-bond donors (Lipinski definition) is 0. The highest BCUT2D eigenvalue weighted by molar-refractivity contribution is 6.08. The summed E-state index contributed by atoms with van der Waals surface area (Å²) < 4.78 is 5.53. The molecule has 0 radical (unpaired) electrons. The fraction of sp³-hybridized carbons (Fsp3) is 0.526. The number of fused-ring (bicyclic) bond motifs is 3. The summed E-state index contributed by atoms with van der Waals surface area (Å²) in [5.74, 6) is 1.35. The third-order valence-electron chi connectivity index (χ3n) is 5.45. The quantitative estimate of drug-likeness (QED) is 0.802. The van der Waals surface area contributed by atoms with Crippen LogP contribution in [0.1, 0.15) is 18.9 Å². The molecule has 2 atom stereocenters. The third-order valence-corrected chi connectivity index (χ3v) is 5.45. The van der Waals surface area contributed by atoms with Crippen LogP contribution in [0.4, 0.5) is 10.5 Å². The average Bonchev–Trinajstić information content (AvgIpc) is 3.22. The summed E-state index contributed by atoms with van der Waals surface area (Å²) in [6.07, 6.45) is 0.259. The monoisotopic (exact) mass is 371 g/mol. The first-order valence-corrected chi connectivity index (χ1v) is 9.32. The molecule has 27 heavy (non-hydrogen) atoms. The van der Waals surface area contributed by atoms with Crippen LogP contribution < -0.4 is 9.64 Å². The van der Waals surface area contributed by atoms with E-state index in [9.17, 15) is 9.59 Å². The minimum absolute atomic E-state index is 0.151. The lowest BCUT2D eigenvalue weighted by Crippen LogP contribution is -2.64. The SMILES string of the molecule is CCCN1C(=O)C2C(N=C3N(c4cc(C)ccc4OC)CCN32)N(C)C1=O. The van der Waals surface area contributed by atoms with Crippen LogP contribution in [0.25, 0.3) is 0 Å². The Morgan fingerprint density at radius 2 is 2.04 bits per heavy atom. The number of likely N-dealkylation sites (N-methyl/N-ethyl adjacent to an activating group) is 1. The Labute approximate surface area is 159 Å². The zero-order valence-corrected chi connectivity index (χ0v) is 16.2. The molecular formula is C19H25N5O3. The van der Waals surface area contributed by atoms with Crippen LogP contribution in [0.5, 0.6) is 5.75 Å². The average molecular weight is 371 g/mol. The first-order chi connectivity index (χ1) is 13.0. The van der Waals surface area contributed by atoms with Gasteiger partial charge in [-0.15, -0.1) is 0 Å². The summed E-state index contributed by atoms with van der Waals surface area (Å²) in [7, 11) is 3.37. The summed E-state index contributed by atoms with van der Waals surface area (Å²) >= 11 is 0. The van der Waals surface area contributed by atoms with Gasteiger partial charge < -0.3 is 19.4 Å². The molecule has 1 aromatic carbocycles. The van der Waals surface area contributed by atoms with E-state index in [0.717, 1.165) is 35.9 Å². The lowest BCUT2D eigenvalue weighted by atomic mass is 10.1. The van der Waals surface area contributed by atoms with Gasteiger partial charge >= 0.3 is 6.03 Å². The minimum atomic E-state index is -0.480. The van der Waals surface area contributed by atoms with Gasteiger partial charge in [0.1, 0.15) is 5.75 Å². The summed E-state index contributed by atoms with van der Waals surface area (Å²) in [5.41, 5.74) is 2.06. The van der Waals surface area contributed by atoms with Gasteiger partial charge in [0.2, 0.25) is 5.96 Å². The Bertz CT molecular complexity index is 824. The summed E-state index contributed by atoms with van der Waals surface area (Å²) in [6.45, 7) is 5.84. The van der Waals surface area contributed by atoms with Gasteiger partial charge in [-0.2, -0.15) is 0 Å². The van der Waals surface area contributed by atoms with Gasteiger partial charge in [0.15, 0.2) is 12.2 Å². The molecular weight excluding hydrogens is 346 g/mol. The van der Waals surface area contributed by atoms with Crippen LogP contribution in [0, 0.1) is 6.92 Å². The van der Waals surface area contributed by atoms with Crippen LogP contribution in [0.15, 0.2) is 23.2 Å². The van der Waals surface area contributed by atoms with Crippen molar-refractivity contribution in [1.29, 1.82) is 0 Å². The van der Waals surface area contributed by atoms with Crippen LogP contribution in [0.3, 0.4) is 0 Å². The molecule has 3 aliphatic rings. The highest BCUT2D eigenvalue weighted by Crippen LogP contribution is 2.37. The zero-order chi connectivity index (χ0) is 19.3. The van der Waals surface area contributed by atoms with E-state index >= 15 is 0 Å². The van der Waals surface area contributed by atoms with Gasteiger partial charge in [0.05, 0.1) is 12.8 Å². The molecule has 0 aromatic heterocycles. The van der Waals surface area contributed by atoms with Crippen LogP contribution in [0.2, 0.25) is 0 Å². The lowest BCUT2D eigenvalue weighted by Gasteiger charge is -2.40. The fourth-order valence-electron chi connectivity index (χ4n) is 4.11. The number of urea groups is 1. The number of amides is 3. The molecule has 0 N–H and O–H groups in total. The number of aliphatic imine (C=N–C) groups is 1. The van der Waals surface area contributed by atoms with Crippen molar-refractivity contribution in [2.24, 2.45) is 4.99 Å². The lowest BCUT2D eigenvalue weighted by molar-refractivity contribution is -0.137. The number of carbonyl (C=O) groups excluding carboxylic acids is 2. The van der Waals surface area contributed by atoms with E-state index < -0.39 is 12.2 Å². The number of carbonyl (C=O) groups is 2. The number of hydrogen-bond acceptors (Lipinski definition) is 6. The molecule has 2 unspecified atom stereocenters. The normalized spacial score (nSPS) is 24.4. The number of rotatable bonds is 4. The van der Waals surface area contributed by atoms with Gasteiger partial charge in [-0.05, 0) is 31.0 Å². The smallest absolute Gasteiger partial charge is 0.328 e. The van der Waals surface area contributed by atoms with Gasteiger partial charge in [0, 0.05) is 26.7 Å². The Hall–Kier alpha value is -2.77. The highest BCUT2D eigenvalue weighted by Gasteiger charge is 2.54. The zero-order valence-electron chi connectivity index (χ0n) is 16.2. The molecule has 1 aromatic rings. The standard InChI is InChI=1S/C19H25N5O3/c1-5-8-24-17(25)15-16(21(3)19(24)26)20-18-22(9-10-23(15)18)13-11-12(2)6-7-14(13)27-4/h6-7,11,15-16H,5,8-10H2,1-4H3. The summed E-state index contributed by atoms with van der Waals surface area (Å²) in [4.78, 5) is 37.5. The maximum Gasteiger partial charge on any atom is 0.328 e. The topological polar surface area (TPSA) is 68.7 Å². The first-order valence-electron chi connectivity index (χ1n) is 9.32. The molecule has 3 aliphatic heterocycles. The first kappa shape index (κ1) is 17.6. The van der Waals surface area contributed by atoms with E-state index in [2.05, 4.69) is 11.0 Å². The van der Waals surface area contributed by atoms with Crippen molar-refractivity contribution in [3.8, 4) is 5.75 Å². The van der Waals surface area contributed by atoms with E-state index in [-0.39, 0.29) is 11.9 Å². The van der Waals surface area contributed by atoms with E-state index in [0.29, 0.717) is 13.1 Å². The molecule has 0 aliphatic carbocycles. The van der Waals surface area contributed by atoms with E-state index in [4.69, 9.17) is 9.73 Å². The van der Waals surface area contributed by atoms with Gasteiger partial charge in [-0.1, -0.05) is 13.0 Å². The molecule has 3 amide bonds. The van der Waals surface area contributed by atoms with Crippen molar-refractivity contribution in [1.82, 2.24) is 14.7 Å².